The van der Waals surface area contributed by atoms with Crippen molar-refractivity contribution in [3.05, 3.63) is 64.0 Å². The van der Waals surface area contributed by atoms with Gasteiger partial charge >= 0.3 is 23.9 Å². The summed E-state index contributed by atoms with van der Waals surface area (Å²) in [5.74, 6) is -3.76. The van der Waals surface area contributed by atoms with Gasteiger partial charge in [0.1, 0.15) is 0 Å². The molecule has 0 unspecified atom stereocenters. The van der Waals surface area contributed by atoms with E-state index in [0.717, 1.165) is 0 Å². The summed E-state index contributed by atoms with van der Waals surface area (Å²) in [4.78, 5) is 48.9. The molecule has 2 aromatic rings. The molecule has 0 aliphatic rings. The van der Waals surface area contributed by atoms with Gasteiger partial charge in [0, 0.05) is 34.8 Å². The third kappa shape index (κ3) is 8.77. The molecule has 0 aliphatic heterocycles. The summed E-state index contributed by atoms with van der Waals surface area (Å²) >= 11 is 6.39. The number of aromatic nitrogens is 1. The first-order valence-electron chi connectivity index (χ1n) is 10.5. The molecule has 0 fully saturated rings. The first-order valence-corrected chi connectivity index (χ1v) is 10.9. The summed E-state index contributed by atoms with van der Waals surface area (Å²) in [5.41, 5.74) is 7.29. The number of carbonyl (C=O) groups is 4. The number of esters is 2. The molecule has 4 N–H and O–H groups in total. The lowest BCUT2D eigenvalue weighted by Gasteiger charge is -2.19. The lowest BCUT2D eigenvalue weighted by molar-refractivity contribution is -0.134. The third-order valence-electron chi connectivity index (χ3n) is 4.33. The Balaban J connectivity index is 0.000000697. The first kappa shape index (κ1) is 30.2. The number of carbonyl (C=O) groups excluding carboxylic acids is 2. The molecule has 194 valence electrons. The predicted molar refractivity (Wildman–Crippen MR) is 130 cm³/mol. The van der Waals surface area contributed by atoms with E-state index < -0.39 is 23.9 Å². The highest BCUT2D eigenvalue weighted by atomic mass is 35.5. The summed E-state index contributed by atoms with van der Waals surface area (Å²) in [6, 6.07) is 6.91. The van der Waals surface area contributed by atoms with Crippen LogP contribution in [0.25, 0.3) is 11.1 Å². The van der Waals surface area contributed by atoms with Gasteiger partial charge in [0.15, 0.2) is 0 Å². The van der Waals surface area contributed by atoms with Crippen LogP contribution in [0.15, 0.2) is 36.4 Å². The number of methoxy groups -OCH3 is 1. The predicted octanol–water partition coefficient (Wildman–Crippen LogP) is 2.86. The highest BCUT2D eigenvalue weighted by molar-refractivity contribution is 6.34. The SMILES string of the molecule is CCOC(=O)c1c(COCCN)nc(C)c(C(=O)OC)c1-c1ccccc1Cl.O=C(O)/C=C\C(=O)O. The van der Waals surface area contributed by atoms with Gasteiger partial charge in [-0.3, -0.25) is 4.98 Å². The standard InChI is InChI=1S/C20H23ClN2O5.C4H4O4/c1-4-28-20(25)18-15(11-27-10-9-22)23-12(2)16(19(24)26-3)17(18)13-7-5-6-8-14(13)21;5-3(6)1-2-4(7)8/h5-8H,4,9-11,22H2,1-3H3;1-2H,(H,5,6)(H,7,8)/b;2-1-. The second-order valence-electron chi connectivity index (χ2n) is 6.81. The maximum Gasteiger partial charge on any atom is 0.340 e. The molecule has 12 heteroatoms. The molecule has 0 spiro atoms. The molecule has 1 aromatic heterocycles. The number of nitrogens with zero attached hydrogens (tertiary/aromatic N) is 1. The van der Waals surface area contributed by atoms with Crippen LogP contribution in [-0.2, 0) is 30.4 Å². The number of hydrogen-bond donors (Lipinski definition) is 3. The molecule has 1 heterocycles. The topological polar surface area (TPSA) is 175 Å². The van der Waals surface area contributed by atoms with Gasteiger partial charge in [-0.15, -0.1) is 0 Å². The van der Waals surface area contributed by atoms with Crippen molar-refractivity contribution in [2.24, 2.45) is 5.73 Å². The van der Waals surface area contributed by atoms with Crippen LogP contribution in [0.4, 0.5) is 0 Å². The van der Waals surface area contributed by atoms with Crippen LogP contribution in [-0.4, -0.2) is 65.9 Å². The normalized spacial score (nSPS) is 10.4. The van der Waals surface area contributed by atoms with Crippen LogP contribution in [0.5, 0.6) is 0 Å². The van der Waals surface area contributed by atoms with Gasteiger partial charge in [-0.25, -0.2) is 19.2 Å². The van der Waals surface area contributed by atoms with E-state index in [1.54, 1.807) is 38.1 Å². The number of nitrogens with two attached hydrogens (primary N) is 1. The fourth-order valence-electron chi connectivity index (χ4n) is 2.97. The molecule has 11 nitrogen and oxygen atoms in total. The van der Waals surface area contributed by atoms with E-state index in [1.165, 1.54) is 7.11 Å². The van der Waals surface area contributed by atoms with Gasteiger partial charge in [0.2, 0.25) is 0 Å². The monoisotopic (exact) mass is 522 g/mol. The average molecular weight is 523 g/mol. The Hall–Kier alpha value is -3.80. The number of carboxylic acid groups (broad SMARTS) is 2. The summed E-state index contributed by atoms with van der Waals surface area (Å²) in [5, 5.41) is 16.0. The average Bonchev–Trinajstić information content (AvgIpc) is 2.83. The number of ether oxygens (including phenoxy) is 3. The van der Waals surface area contributed by atoms with Crippen LogP contribution < -0.4 is 5.73 Å². The summed E-state index contributed by atoms with van der Waals surface area (Å²) in [6.07, 6.45) is 1.12. The molecule has 0 radical (unpaired) electrons. The lowest BCUT2D eigenvalue weighted by Crippen LogP contribution is -2.19. The Morgan fingerprint density at radius 2 is 1.67 bits per heavy atom. The van der Waals surface area contributed by atoms with E-state index in [4.69, 9.17) is 41.8 Å². The Labute approximate surface area is 212 Å². The third-order valence-corrected chi connectivity index (χ3v) is 4.66. The number of aryl methyl sites for hydroxylation is 1. The van der Waals surface area contributed by atoms with Crippen LogP contribution in [0.2, 0.25) is 5.02 Å². The second kappa shape index (κ2) is 15.2. The van der Waals surface area contributed by atoms with Crippen molar-refractivity contribution in [3.8, 4) is 11.1 Å². The zero-order chi connectivity index (χ0) is 27.3. The molecule has 0 atom stereocenters. The Bertz CT molecular complexity index is 1120. The second-order valence-corrected chi connectivity index (χ2v) is 7.22. The number of carboxylic acids is 2. The Morgan fingerprint density at radius 1 is 1.06 bits per heavy atom. The zero-order valence-corrected chi connectivity index (χ0v) is 20.7. The molecule has 2 rings (SSSR count). The van der Waals surface area contributed by atoms with E-state index in [0.29, 0.717) is 52.8 Å². The lowest BCUT2D eigenvalue weighted by atomic mass is 9.92. The number of aliphatic carboxylic acids is 2. The molecule has 36 heavy (non-hydrogen) atoms. The molecular formula is C24H27ClN2O9. The van der Waals surface area contributed by atoms with Crippen LogP contribution in [0, 0.1) is 6.92 Å². The molecule has 1 aromatic carbocycles. The van der Waals surface area contributed by atoms with Gasteiger partial charge in [-0.05, 0) is 19.9 Å². The summed E-state index contributed by atoms with van der Waals surface area (Å²) in [7, 11) is 1.26. The Kier molecular flexibility index (Phi) is 12.8. The van der Waals surface area contributed by atoms with Crippen molar-refractivity contribution in [3.63, 3.8) is 0 Å². The minimum absolute atomic E-state index is 0.0328. The molecule has 0 amide bonds. The summed E-state index contributed by atoms with van der Waals surface area (Å²) in [6.45, 7) is 4.17. The van der Waals surface area contributed by atoms with E-state index >= 15 is 0 Å². The van der Waals surface area contributed by atoms with E-state index in [9.17, 15) is 19.2 Å². The van der Waals surface area contributed by atoms with Gasteiger partial charge in [-0.1, -0.05) is 29.8 Å². The molecule has 0 saturated heterocycles. The van der Waals surface area contributed by atoms with Crippen molar-refractivity contribution >= 4 is 35.5 Å². The van der Waals surface area contributed by atoms with Crippen molar-refractivity contribution in [2.45, 2.75) is 20.5 Å². The van der Waals surface area contributed by atoms with E-state index in [1.807, 2.05) is 0 Å². The minimum Gasteiger partial charge on any atom is -0.478 e. The smallest absolute Gasteiger partial charge is 0.340 e. The Morgan fingerprint density at radius 3 is 2.17 bits per heavy atom. The van der Waals surface area contributed by atoms with Crippen molar-refractivity contribution in [1.82, 2.24) is 4.98 Å². The van der Waals surface area contributed by atoms with Crippen LogP contribution >= 0.6 is 11.6 Å². The highest BCUT2D eigenvalue weighted by Gasteiger charge is 2.29. The van der Waals surface area contributed by atoms with Crippen molar-refractivity contribution in [2.75, 3.05) is 26.9 Å². The number of pyridine rings is 1. The largest absolute Gasteiger partial charge is 0.478 e. The van der Waals surface area contributed by atoms with E-state index in [-0.39, 0.29) is 24.3 Å². The van der Waals surface area contributed by atoms with E-state index in [2.05, 4.69) is 4.98 Å². The molecule has 0 aliphatic carbocycles. The van der Waals surface area contributed by atoms with Crippen molar-refractivity contribution < 1.29 is 43.6 Å². The maximum atomic E-state index is 12.8. The van der Waals surface area contributed by atoms with Gasteiger partial charge in [-0.2, -0.15) is 0 Å². The fraction of sp³-hybridized carbons (Fsp3) is 0.292. The van der Waals surface area contributed by atoms with Crippen LogP contribution in [0.3, 0.4) is 0 Å². The number of benzene rings is 1. The van der Waals surface area contributed by atoms with Gasteiger partial charge < -0.3 is 30.2 Å². The molecular weight excluding hydrogens is 496 g/mol. The van der Waals surface area contributed by atoms with Gasteiger partial charge in [0.05, 0.1) is 49.4 Å². The van der Waals surface area contributed by atoms with Gasteiger partial charge in [0.25, 0.3) is 0 Å². The maximum absolute atomic E-state index is 12.8. The number of rotatable bonds is 10. The number of hydrogen-bond acceptors (Lipinski definition) is 9. The van der Waals surface area contributed by atoms with Crippen molar-refractivity contribution in [1.29, 1.82) is 0 Å². The fourth-order valence-corrected chi connectivity index (χ4v) is 3.20. The summed E-state index contributed by atoms with van der Waals surface area (Å²) < 4.78 is 15.7. The minimum atomic E-state index is -1.26. The van der Waals surface area contributed by atoms with Crippen LogP contribution in [0.1, 0.15) is 39.0 Å². The first-order chi connectivity index (χ1) is 17.1. The quantitative estimate of drug-likeness (QED) is 0.237. The molecule has 0 bridgehead atoms. The number of halogens is 1. The zero-order valence-electron chi connectivity index (χ0n) is 19.9. The highest BCUT2D eigenvalue weighted by Crippen LogP contribution is 2.36. The molecule has 0 saturated carbocycles.